The van der Waals surface area contributed by atoms with Gasteiger partial charge in [0.2, 0.25) is 5.95 Å². The van der Waals surface area contributed by atoms with E-state index in [4.69, 9.17) is 0 Å². The monoisotopic (exact) mass is 344 g/mol. The molecule has 0 spiro atoms. The number of aromatic nitrogens is 6. The highest BCUT2D eigenvalue weighted by Gasteiger charge is 2.40. The standard InChI is InChI=1S/C14H10F2N8O/c15-11(16)13-23-8-2-1-7(12-19-3-17-4-20-12)10(25)9(8)24(13)14-21-5-18-6-22-14/h1-6,11,13,23,25H. The molecule has 1 atom stereocenters. The first-order chi connectivity index (χ1) is 12.2. The fraction of sp³-hybridized carbons (Fsp3) is 0.143. The summed E-state index contributed by atoms with van der Waals surface area (Å²) in [5, 5.41) is 13.4. The van der Waals surface area contributed by atoms with Gasteiger partial charge in [0.15, 0.2) is 17.7 Å². The minimum Gasteiger partial charge on any atom is -0.505 e. The number of anilines is 3. The van der Waals surface area contributed by atoms with Crippen molar-refractivity contribution in [3.05, 3.63) is 37.4 Å². The van der Waals surface area contributed by atoms with E-state index < -0.39 is 12.6 Å². The summed E-state index contributed by atoms with van der Waals surface area (Å²) in [5.41, 5.74) is 0.715. The average molecular weight is 344 g/mol. The lowest BCUT2D eigenvalue weighted by Crippen LogP contribution is -2.39. The van der Waals surface area contributed by atoms with E-state index in [1.807, 2.05) is 0 Å². The number of halogens is 2. The van der Waals surface area contributed by atoms with Crippen LogP contribution in [0.15, 0.2) is 37.4 Å². The third-order valence-corrected chi connectivity index (χ3v) is 3.64. The summed E-state index contributed by atoms with van der Waals surface area (Å²) in [7, 11) is 0. The van der Waals surface area contributed by atoms with Gasteiger partial charge in [0.05, 0.1) is 11.3 Å². The number of fused-ring (bicyclic) bond motifs is 1. The molecule has 11 heteroatoms. The molecule has 3 heterocycles. The second-order valence-corrected chi connectivity index (χ2v) is 5.05. The molecular weight excluding hydrogens is 334 g/mol. The lowest BCUT2D eigenvalue weighted by molar-refractivity contribution is 0.127. The van der Waals surface area contributed by atoms with E-state index in [1.165, 1.54) is 31.4 Å². The fourth-order valence-corrected chi connectivity index (χ4v) is 2.62. The number of hydrogen-bond donors (Lipinski definition) is 2. The predicted octanol–water partition coefficient (Wildman–Crippen LogP) is 1.58. The second kappa shape index (κ2) is 5.85. The number of phenolic OH excluding ortho intramolecular Hbond substituents is 1. The summed E-state index contributed by atoms with van der Waals surface area (Å²) in [4.78, 5) is 24.3. The molecule has 0 fully saturated rings. The highest BCUT2D eigenvalue weighted by atomic mass is 19.3. The molecule has 0 saturated heterocycles. The van der Waals surface area contributed by atoms with E-state index in [2.05, 4.69) is 35.2 Å². The summed E-state index contributed by atoms with van der Waals surface area (Å²) >= 11 is 0. The molecule has 1 aliphatic heterocycles. The number of alkyl halides is 2. The Labute approximate surface area is 139 Å². The largest absolute Gasteiger partial charge is 0.505 e. The maximum Gasteiger partial charge on any atom is 0.277 e. The van der Waals surface area contributed by atoms with Crippen LogP contribution in [0, 0.1) is 0 Å². The molecule has 0 bridgehead atoms. The zero-order valence-electron chi connectivity index (χ0n) is 12.5. The van der Waals surface area contributed by atoms with Crippen molar-refractivity contribution < 1.29 is 13.9 Å². The van der Waals surface area contributed by atoms with Crippen molar-refractivity contribution >= 4 is 17.3 Å². The fourth-order valence-electron chi connectivity index (χ4n) is 2.62. The Bertz CT molecular complexity index is 896. The minimum absolute atomic E-state index is 0.0188. The summed E-state index contributed by atoms with van der Waals surface area (Å²) in [5.74, 6) is -0.0687. The molecule has 3 aromatic rings. The van der Waals surface area contributed by atoms with Crippen LogP contribution in [-0.2, 0) is 0 Å². The smallest absolute Gasteiger partial charge is 0.277 e. The Kier molecular flexibility index (Phi) is 3.52. The average Bonchev–Trinajstić information content (AvgIpc) is 3.04. The van der Waals surface area contributed by atoms with E-state index in [9.17, 15) is 13.9 Å². The molecule has 0 aliphatic carbocycles. The molecule has 1 aromatic carbocycles. The Balaban J connectivity index is 1.89. The van der Waals surface area contributed by atoms with Crippen LogP contribution < -0.4 is 10.2 Å². The maximum absolute atomic E-state index is 13.5. The van der Waals surface area contributed by atoms with E-state index in [1.54, 1.807) is 6.07 Å². The number of nitrogens with one attached hydrogen (secondary N) is 1. The molecule has 2 aromatic heterocycles. The second-order valence-electron chi connectivity index (χ2n) is 5.05. The van der Waals surface area contributed by atoms with Gasteiger partial charge in [-0.05, 0) is 12.1 Å². The van der Waals surface area contributed by atoms with Crippen LogP contribution in [-0.4, -0.2) is 47.6 Å². The van der Waals surface area contributed by atoms with Crippen LogP contribution in [0.4, 0.5) is 26.1 Å². The Morgan fingerprint density at radius 3 is 2.28 bits per heavy atom. The van der Waals surface area contributed by atoms with Crippen LogP contribution in [0.3, 0.4) is 0 Å². The number of benzene rings is 1. The molecule has 126 valence electrons. The Hall–Kier alpha value is -3.50. The van der Waals surface area contributed by atoms with Crippen molar-refractivity contribution in [2.45, 2.75) is 12.6 Å². The quantitative estimate of drug-likeness (QED) is 0.731. The van der Waals surface area contributed by atoms with Gasteiger partial charge in [0.25, 0.3) is 6.43 Å². The van der Waals surface area contributed by atoms with Crippen molar-refractivity contribution in [2.24, 2.45) is 0 Å². The van der Waals surface area contributed by atoms with Gasteiger partial charge in [-0.3, -0.25) is 4.90 Å². The first-order valence-electron chi connectivity index (χ1n) is 7.11. The van der Waals surface area contributed by atoms with E-state index in [-0.39, 0.29) is 28.8 Å². The molecule has 4 rings (SSSR count). The van der Waals surface area contributed by atoms with E-state index >= 15 is 0 Å². The number of nitrogens with zero attached hydrogens (tertiary/aromatic N) is 7. The molecule has 2 N–H and O–H groups in total. The van der Waals surface area contributed by atoms with Gasteiger partial charge in [-0.25, -0.2) is 38.7 Å². The molecule has 1 unspecified atom stereocenters. The van der Waals surface area contributed by atoms with Crippen LogP contribution in [0.2, 0.25) is 0 Å². The Morgan fingerprint density at radius 2 is 1.64 bits per heavy atom. The van der Waals surface area contributed by atoms with Crippen molar-refractivity contribution in [3.8, 4) is 17.1 Å². The number of phenols is 1. The van der Waals surface area contributed by atoms with Crippen LogP contribution in [0.5, 0.6) is 5.75 Å². The lowest BCUT2D eigenvalue weighted by atomic mass is 10.1. The number of rotatable bonds is 3. The zero-order chi connectivity index (χ0) is 17.4. The molecule has 0 amide bonds. The summed E-state index contributed by atoms with van der Waals surface area (Å²) < 4.78 is 27.0. The van der Waals surface area contributed by atoms with E-state index in [0.717, 1.165) is 4.90 Å². The summed E-state index contributed by atoms with van der Waals surface area (Å²) in [6.07, 6.45) is 0.740. The third kappa shape index (κ3) is 2.45. The highest BCUT2D eigenvalue weighted by Crippen LogP contribution is 2.49. The highest BCUT2D eigenvalue weighted by molar-refractivity contribution is 5.91. The van der Waals surface area contributed by atoms with Crippen LogP contribution >= 0.6 is 0 Å². The van der Waals surface area contributed by atoms with Gasteiger partial charge in [0.1, 0.15) is 31.0 Å². The van der Waals surface area contributed by atoms with E-state index in [0.29, 0.717) is 5.69 Å². The molecule has 0 radical (unpaired) electrons. The van der Waals surface area contributed by atoms with Crippen LogP contribution in [0.25, 0.3) is 11.4 Å². The van der Waals surface area contributed by atoms with Gasteiger partial charge < -0.3 is 10.4 Å². The molecule has 25 heavy (non-hydrogen) atoms. The van der Waals surface area contributed by atoms with Gasteiger partial charge in [0, 0.05) is 0 Å². The van der Waals surface area contributed by atoms with Gasteiger partial charge in [-0.1, -0.05) is 0 Å². The zero-order valence-corrected chi connectivity index (χ0v) is 12.5. The van der Waals surface area contributed by atoms with Crippen molar-refractivity contribution in [1.29, 1.82) is 0 Å². The van der Waals surface area contributed by atoms with Crippen LogP contribution in [0.1, 0.15) is 0 Å². The first kappa shape index (κ1) is 15.1. The number of aromatic hydroxyl groups is 1. The SMILES string of the molecule is Oc1c(-c2ncncn2)ccc2c1N(c1ncncn1)C(C(F)F)N2. The molecule has 9 nitrogen and oxygen atoms in total. The number of hydrogen-bond acceptors (Lipinski definition) is 9. The Morgan fingerprint density at radius 1 is 1.00 bits per heavy atom. The van der Waals surface area contributed by atoms with Gasteiger partial charge in [-0.15, -0.1) is 0 Å². The predicted molar refractivity (Wildman–Crippen MR) is 82.3 cm³/mol. The normalized spacial score (nSPS) is 16.0. The molecule has 1 aliphatic rings. The van der Waals surface area contributed by atoms with Crippen molar-refractivity contribution in [2.75, 3.05) is 10.2 Å². The lowest BCUT2D eigenvalue weighted by Gasteiger charge is -2.24. The van der Waals surface area contributed by atoms with Crippen molar-refractivity contribution in [3.63, 3.8) is 0 Å². The summed E-state index contributed by atoms with van der Waals surface area (Å²) in [6.45, 7) is 0. The maximum atomic E-state index is 13.5. The topological polar surface area (TPSA) is 113 Å². The molecule has 0 saturated carbocycles. The van der Waals surface area contributed by atoms with Gasteiger partial charge >= 0.3 is 0 Å². The third-order valence-electron chi connectivity index (χ3n) is 3.64. The van der Waals surface area contributed by atoms with Crippen molar-refractivity contribution in [1.82, 2.24) is 29.9 Å². The van der Waals surface area contributed by atoms with Gasteiger partial charge in [-0.2, -0.15) is 0 Å². The first-order valence-corrected chi connectivity index (χ1v) is 7.11. The molecular formula is C14H10F2N8O. The summed E-state index contributed by atoms with van der Waals surface area (Å²) in [6, 6.07) is 3.10. The minimum atomic E-state index is -2.76.